The molecule has 2 heterocycles. The average molecular weight is 496 g/mol. The van der Waals surface area contributed by atoms with Gasteiger partial charge in [-0.1, -0.05) is 29.4 Å². The summed E-state index contributed by atoms with van der Waals surface area (Å²) in [6.45, 7) is 4.00. The minimum Gasteiger partial charge on any atom is -0.325 e. The third-order valence-electron chi connectivity index (χ3n) is 5.63. The molecule has 1 aliphatic carbocycles. The number of halogens is 1. The van der Waals surface area contributed by atoms with E-state index in [2.05, 4.69) is 11.4 Å². The normalized spacial score (nSPS) is 12.8. The van der Waals surface area contributed by atoms with E-state index in [4.69, 9.17) is 16.6 Å². The second-order valence-electron chi connectivity index (χ2n) is 8.26. The molecule has 0 fully saturated rings. The van der Waals surface area contributed by atoms with Gasteiger partial charge in [-0.2, -0.15) is 0 Å². The number of hydrogen-bond acceptors (Lipinski definition) is 5. The van der Waals surface area contributed by atoms with Crippen molar-refractivity contribution >= 4 is 56.5 Å². The molecule has 0 saturated carbocycles. The van der Waals surface area contributed by atoms with Crippen LogP contribution in [0.3, 0.4) is 0 Å². The van der Waals surface area contributed by atoms with Crippen molar-refractivity contribution in [3.8, 4) is 5.69 Å². The lowest BCUT2D eigenvalue weighted by Crippen LogP contribution is -2.23. The van der Waals surface area contributed by atoms with Crippen molar-refractivity contribution in [2.45, 2.75) is 38.3 Å². The molecule has 0 bridgehead atoms. The summed E-state index contributed by atoms with van der Waals surface area (Å²) in [5.41, 5.74) is 4.69. The van der Waals surface area contributed by atoms with Gasteiger partial charge in [0.1, 0.15) is 4.83 Å². The standard InChI is InChI=1S/C25H22ClN3O2S2/c1-14-10-15(2)12-17(11-14)27-21(30)13-32-25-28-23-22(19-4-3-5-20(19)33-23)24(31)29(25)18-8-6-16(26)7-9-18/h6-12H,3-5,13H2,1-2H3,(H,27,30). The van der Waals surface area contributed by atoms with Gasteiger partial charge in [0.2, 0.25) is 5.91 Å². The van der Waals surface area contributed by atoms with E-state index in [9.17, 15) is 9.59 Å². The summed E-state index contributed by atoms with van der Waals surface area (Å²) >= 11 is 8.94. The fourth-order valence-electron chi connectivity index (χ4n) is 4.31. The SMILES string of the molecule is Cc1cc(C)cc(NC(=O)CSc2nc3sc4c(c3c(=O)n2-c2ccc(Cl)cc2)CCC4)c1. The van der Waals surface area contributed by atoms with Crippen molar-refractivity contribution in [2.75, 3.05) is 11.1 Å². The number of amides is 1. The van der Waals surface area contributed by atoms with Crippen molar-refractivity contribution in [3.63, 3.8) is 0 Å². The van der Waals surface area contributed by atoms with E-state index < -0.39 is 0 Å². The number of carbonyl (C=O) groups is 1. The second kappa shape index (κ2) is 8.97. The quantitative estimate of drug-likeness (QED) is 0.275. The number of nitrogens with zero attached hydrogens (tertiary/aromatic N) is 2. The Kier molecular flexibility index (Phi) is 6.03. The number of nitrogens with one attached hydrogen (secondary N) is 1. The summed E-state index contributed by atoms with van der Waals surface area (Å²) in [5, 5.41) is 4.77. The number of carbonyl (C=O) groups excluding carboxylic acids is 1. The summed E-state index contributed by atoms with van der Waals surface area (Å²) < 4.78 is 1.61. The molecule has 0 radical (unpaired) electrons. The smallest absolute Gasteiger partial charge is 0.267 e. The average Bonchev–Trinajstić information content (AvgIpc) is 3.33. The molecule has 168 valence electrons. The van der Waals surface area contributed by atoms with Gasteiger partial charge < -0.3 is 5.32 Å². The van der Waals surface area contributed by atoms with Gasteiger partial charge in [0.05, 0.1) is 16.8 Å². The van der Waals surface area contributed by atoms with Crippen LogP contribution < -0.4 is 10.9 Å². The van der Waals surface area contributed by atoms with Gasteiger partial charge in [-0.05, 0) is 86.2 Å². The Morgan fingerprint density at radius 1 is 1.15 bits per heavy atom. The van der Waals surface area contributed by atoms with E-state index in [-0.39, 0.29) is 17.2 Å². The van der Waals surface area contributed by atoms with E-state index in [1.54, 1.807) is 28.0 Å². The molecule has 4 aromatic rings. The number of fused-ring (bicyclic) bond motifs is 3. The minimum atomic E-state index is -0.143. The predicted octanol–water partition coefficient (Wildman–Crippen LogP) is 5.94. The number of aryl methyl sites for hydroxylation is 4. The van der Waals surface area contributed by atoms with E-state index in [1.165, 1.54) is 16.6 Å². The number of anilines is 1. The zero-order valence-corrected chi connectivity index (χ0v) is 20.7. The Morgan fingerprint density at radius 3 is 2.61 bits per heavy atom. The molecule has 0 unspecified atom stereocenters. The first-order valence-corrected chi connectivity index (χ1v) is 12.9. The highest BCUT2D eigenvalue weighted by atomic mass is 35.5. The summed E-state index contributed by atoms with van der Waals surface area (Å²) in [6.07, 6.45) is 2.99. The maximum Gasteiger partial charge on any atom is 0.267 e. The van der Waals surface area contributed by atoms with Crippen molar-refractivity contribution in [1.29, 1.82) is 0 Å². The van der Waals surface area contributed by atoms with Gasteiger partial charge in [0.15, 0.2) is 5.16 Å². The largest absolute Gasteiger partial charge is 0.325 e. The maximum absolute atomic E-state index is 13.6. The third-order valence-corrected chi connectivity index (χ3v) is 8.01. The van der Waals surface area contributed by atoms with Gasteiger partial charge in [-0.25, -0.2) is 4.98 Å². The Hall–Kier alpha value is -2.61. The molecule has 1 aliphatic rings. The number of hydrogen-bond donors (Lipinski definition) is 1. The van der Waals surface area contributed by atoms with Crippen molar-refractivity contribution < 1.29 is 4.79 Å². The van der Waals surface area contributed by atoms with Gasteiger partial charge in [-0.3, -0.25) is 14.2 Å². The van der Waals surface area contributed by atoms with Gasteiger partial charge in [0, 0.05) is 15.6 Å². The highest BCUT2D eigenvalue weighted by molar-refractivity contribution is 7.99. The molecule has 0 atom stereocenters. The lowest BCUT2D eigenvalue weighted by molar-refractivity contribution is -0.113. The van der Waals surface area contributed by atoms with Crippen LogP contribution in [0.25, 0.3) is 15.9 Å². The van der Waals surface area contributed by atoms with Gasteiger partial charge in [-0.15, -0.1) is 11.3 Å². The zero-order valence-electron chi connectivity index (χ0n) is 18.3. The number of benzene rings is 2. The molecule has 0 aliphatic heterocycles. The summed E-state index contributed by atoms with van der Waals surface area (Å²) in [5.74, 6) is -0.000417. The highest BCUT2D eigenvalue weighted by Gasteiger charge is 2.24. The second-order valence-corrected chi connectivity index (χ2v) is 10.7. The number of aromatic nitrogens is 2. The van der Waals surface area contributed by atoms with Crippen LogP contribution in [0.2, 0.25) is 5.02 Å². The van der Waals surface area contributed by atoms with E-state index in [1.807, 2.05) is 38.1 Å². The van der Waals surface area contributed by atoms with Crippen LogP contribution in [0.1, 0.15) is 28.0 Å². The minimum absolute atomic E-state index is 0.0843. The topological polar surface area (TPSA) is 64.0 Å². The van der Waals surface area contributed by atoms with Crippen LogP contribution in [0, 0.1) is 13.8 Å². The van der Waals surface area contributed by atoms with Crippen molar-refractivity contribution in [3.05, 3.63) is 79.4 Å². The molecule has 5 rings (SSSR count). The zero-order chi connectivity index (χ0) is 23.1. The Balaban J connectivity index is 1.50. The lowest BCUT2D eigenvalue weighted by atomic mass is 10.1. The third kappa shape index (κ3) is 4.45. The first-order chi connectivity index (χ1) is 15.9. The molecule has 1 amide bonds. The monoisotopic (exact) mass is 495 g/mol. The van der Waals surface area contributed by atoms with Crippen LogP contribution in [-0.2, 0) is 17.6 Å². The lowest BCUT2D eigenvalue weighted by Gasteiger charge is -2.13. The van der Waals surface area contributed by atoms with Gasteiger partial charge in [0.25, 0.3) is 5.56 Å². The molecule has 0 saturated heterocycles. The molecule has 33 heavy (non-hydrogen) atoms. The Bertz CT molecular complexity index is 1420. The van der Waals surface area contributed by atoms with E-state index >= 15 is 0 Å². The van der Waals surface area contributed by atoms with Crippen LogP contribution in [-0.4, -0.2) is 21.2 Å². The number of thiophene rings is 1. The summed E-state index contributed by atoms with van der Waals surface area (Å²) in [6, 6.07) is 13.1. The predicted molar refractivity (Wildman–Crippen MR) is 138 cm³/mol. The van der Waals surface area contributed by atoms with Crippen molar-refractivity contribution in [1.82, 2.24) is 9.55 Å². The van der Waals surface area contributed by atoms with Crippen LogP contribution in [0.4, 0.5) is 5.69 Å². The fraction of sp³-hybridized carbons (Fsp3) is 0.240. The molecule has 5 nitrogen and oxygen atoms in total. The maximum atomic E-state index is 13.6. The van der Waals surface area contributed by atoms with Crippen molar-refractivity contribution in [2.24, 2.45) is 0 Å². The number of thioether (sulfide) groups is 1. The van der Waals surface area contributed by atoms with Crippen LogP contribution in [0.5, 0.6) is 0 Å². The molecule has 8 heteroatoms. The Morgan fingerprint density at radius 2 is 1.88 bits per heavy atom. The van der Waals surface area contributed by atoms with Crippen LogP contribution in [0.15, 0.2) is 52.4 Å². The summed E-state index contributed by atoms with van der Waals surface area (Å²) in [4.78, 5) is 33.2. The molecule has 1 N–H and O–H groups in total. The Labute approximate surface area is 204 Å². The highest BCUT2D eigenvalue weighted by Crippen LogP contribution is 2.36. The van der Waals surface area contributed by atoms with Crippen LogP contribution >= 0.6 is 34.7 Å². The molecular weight excluding hydrogens is 474 g/mol. The molecule has 0 spiro atoms. The molecule has 2 aromatic heterocycles. The first-order valence-electron chi connectivity index (χ1n) is 10.7. The van der Waals surface area contributed by atoms with E-state index in [0.717, 1.165) is 46.5 Å². The van der Waals surface area contributed by atoms with Gasteiger partial charge >= 0.3 is 0 Å². The first kappa shape index (κ1) is 22.2. The molecule has 2 aromatic carbocycles. The van der Waals surface area contributed by atoms with E-state index in [0.29, 0.717) is 21.3 Å². The number of rotatable bonds is 5. The summed E-state index contributed by atoms with van der Waals surface area (Å²) in [7, 11) is 0. The fourth-order valence-corrected chi connectivity index (χ4v) is 6.55. The molecular formula is C25H22ClN3O2S2.